The first kappa shape index (κ1) is 17.9. The largest absolute Gasteiger partial charge is 0.494 e. The van der Waals surface area contributed by atoms with E-state index >= 15 is 0 Å². The van der Waals surface area contributed by atoms with Gasteiger partial charge in [0, 0.05) is 31.6 Å². The summed E-state index contributed by atoms with van der Waals surface area (Å²) in [4.78, 5) is 21.0. The predicted molar refractivity (Wildman–Crippen MR) is 101 cm³/mol. The number of likely N-dealkylation sites (tertiary alicyclic amines) is 1. The Hall–Kier alpha value is -1.92. The molecule has 1 atom stereocenters. The normalized spacial score (nSPS) is 17.6. The third-order valence-electron chi connectivity index (χ3n) is 4.42. The molecule has 1 unspecified atom stereocenters. The molecular formula is C19H25N3O2S. The Kier molecular flexibility index (Phi) is 5.71. The highest BCUT2D eigenvalue weighted by Gasteiger charge is 2.31. The summed E-state index contributed by atoms with van der Waals surface area (Å²) in [6, 6.07) is 8.03. The highest BCUT2D eigenvalue weighted by atomic mass is 32.1. The summed E-state index contributed by atoms with van der Waals surface area (Å²) in [6.07, 6.45) is 2.01. The average molecular weight is 359 g/mol. The molecule has 1 aliphatic rings. The van der Waals surface area contributed by atoms with Crippen LogP contribution >= 0.6 is 11.3 Å². The van der Waals surface area contributed by atoms with Crippen molar-refractivity contribution < 1.29 is 9.53 Å². The SMILES string of the molecule is CCOc1ccc(-c2nc(CN3CCCC3C(=O)N(C)C)cs2)cc1. The number of carbonyl (C=O) groups is 1. The number of benzene rings is 1. The molecular weight excluding hydrogens is 334 g/mol. The van der Waals surface area contributed by atoms with Gasteiger partial charge in [-0.15, -0.1) is 11.3 Å². The minimum absolute atomic E-state index is 0.00868. The summed E-state index contributed by atoms with van der Waals surface area (Å²) >= 11 is 1.65. The number of likely N-dealkylation sites (N-methyl/N-ethyl adjacent to an activating group) is 1. The van der Waals surface area contributed by atoms with Gasteiger partial charge in [0.05, 0.1) is 18.3 Å². The zero-order chi connectivity index (χ0) is 17.8. The van der Waals surface area contributed by atoms with Gasteiger partial charge in [-0.3, -0.25) is 9.69 Å². The zero-order valence-corrected chi connectivity index (χ0v) is 15.9. The van der Waals surface area contributed by atoms with E-state index in [1.807, 2.05) is 45.3 Å². The van der Waals surface area contributed by atoms with Crippen LogP contribution in [0.15, 0.2) is 29.6 Å². The molecule has 1 amide bonds. The Labute approximate surface area is 153 Å². The van der Waals surface area contributed by atoms with E-state index in [9.17, 15) is 4.79 Å². The molecule has 1 aliphatic heterocycles. The van der Waals surface area contributed by atoms with E-state index < -0.39 is 0 Å². The summed E-state index contributed by atoms with van der Waals surface area (Å²) in [6.45, 7) is 4.34. The van der Waals surface area contributed by atoms with Crippen molar-refractivity contribution in [3.05, 3.63) is 35.3 Å². The molecule has 134 valence electrons. The summed E-state index contributed by atoms with van der Waals surface area (Å²) < 4.78 is 5.48. The van der Waals surface area contributed by atoms with Crippen LogP contribution in [0.4, 0.5) is 0 Å². The summed E-state index contributed by atoms with van der Waals surface area (Å²) in [5.74, 6) is 1.07. The molecule has 1 aromatic heterocycles. The second kappa shape index (κ2) is 7.97. The van der Waals surface area contributed by atoms with Crippen LogP contribution in [0.3, 0.4) is 0 Å². The quantitative estimate of drug-likeness (QED) is 0.794. The molecule has 1 aromatic carbocycles. The lowest BCUT2D eigenvalue weighted by Crippen LogP contribution is -2.42. The third-order valence-corrected chi connectivity index (χ3v) is 5.36. The maximum Gasteiger partial charge on any atom is 0.239 e. The van der Waals surface area contributed by atoms with E-state index in [0.717, 1.165) is 47.9 Å². The number of rotatable bonds is 6. The minimum atomic E-state index is -0.00868. The first-order valence-electron chi connectivity index (χ1n) is 8.71. The van der Waals surface area contributed by atoms with Crippen molar-refractivity contribution in [1.29, 1.82) is 0 Å². The molecule has 1 fully saturated rings. The molecule has 25 heavy (non-hydrogen) atoms. The maximum atomic E-state index is 12.3. The minimum Gasteiger partial charge on any atom is -0.494 e. The maximum absolute atomic E-state index is 12.3. The predicted octanol–water partition coefficient (Wildman–Crippen LogP) is 3.26. The Morgan fingerprint density at radius 2 is 2.12 bits per heavy atom. The van der Waals surface area contributed by atoms with Gasteiger partial charge in [-0.1, -0.05) is 0 Å². The smallest absolute Gasteiger partial charge is 0.239 e. The van der Waals surface area contributed by atoms with E-state index in [1.165, 1.54) is 0 Å². The van der Waals surface area contributed by atoms with Crippen LogP contribution in [-0.4, -0.2) is 54.0 Å². The van der Waals surface area contributed by atoms with Crippen LogP contribution < -0.4 is 4.74 Å². The summed E-state index contributed by atoms with van der Waals surface area (Å²) in [5.41, 5.74) is 2.13. The van der Waals surface area contributed by atoms with E-state index in [1.54, 1.807) is 16.2 Å². The molecule has 0 radical (unpaired) electrons. The average Bonchev–Trinajstić information content (AvgIpc) is 3.25. The lowest BCUT2D eigenvalue weighted by molar-refractivity contribution is -0.133. The number of carbonyl (C=O) groups excluding carboxylic acids is 1. The zero-order valence-electron chi connectivity index (χ0n) is 15.1. The summed E-state index contributed by atoms with van der Waals surface area (Å²) in [5, 5.41) is 3.11. The fourth-order valence-electron chi connectivity index (χ4n) is 3.17. The van der Waals surface area contributed by atoms with Gasteiger partial charge < -0.3 is 9.64 Å². The van der Waals surface area contributed by atoms with E-state index in [0.29, 0.717) is 6.61 Å². The van der Waals surface area contributed by atoms with Crippen LogP contribution in [-0.2, 0) is 11.3 Å². The van der Waals surface area contributed by atoms with Crippen molar-refractivity contribution in [2.75, 3.05) is 27.2 Å². The van der Waals surface area contributed by atoms with Crippen LogP contribution in [0.2, 0.25) is 0 Å². The van der Waals surface area contributed by atoms with Gasteiger partial charge in [-0.2, -0.15) is 0 Å². The van der Waals surface area contributed by atoms with Crippen molar-refractivity contribution in [2.24, 2.45) is 0 Å². The van der Waals surface area contributed by atoms with Gasteiger partial charge in [0.25, 0.3) is 0 Å². The van der Waals surface area contributed by atoms with Crippen molar-refractivity contribution in [1.82, 2.24) is 14.8 Å². The number of thiazole rings is 1. The van der Waals surface area contributed by atoms with Crippen molar-refractivity contribution in [2.45, 2.75) is 32.4 Å². The van der Waals surface area contributed by atoms with Gasteiger partial charge in [0.1, 0.15) is 10.8 Å². The second-order valence-corrected chi connectivity index (χ2v) is 7.32. The molecule has 0 N–H and O–H groups in total. The van der Waals surface area contributed by atoms with Gasteiger partial charge in [0.15, 0.2) is 0 Å². The van der Waals surface area contributed by atoms with Crippen LogP contribution in [0.1, 0.15) is 25.5 Å². The van der Waals surface area contributed by atoms with E-state index in [4.69, 9.17) is 9.72 Å². The lowest BCUT2D eigenvalue weighted by atomic mass is 10.2. The third kappa shape index (κ3) is 4.19. The Morgan fingerprint density at radius 3 is 2.80 bits per heavy atom. The molecule has 2 heterocycles. The Balaban J connectivity index is 1.68. The molecule has 0 aliphatic carbocycles. The second-order valence-electron chi connectivity index (χ2n) is 6.46. The highest BCUT2D eigenvalue weighted by molar-refractivity contribution is 7.13. The molecule has 0 bridgehead atoms. The molecule has 0 saturated carbocycles. The fraction of sp³-hybridized carbons (Fsp3) is 0.474. The topological polar surface area (TPSA) is 45.7 Å². The number of hydrogen-bond acceptors (Lipinski definition) is 5. The Morgan fingerprint density at radius 1 is 1.36 bits per heavy atom. The molecule has 2 aromatic rings. The fourth-order valence-corrected chi connectivity index (χ4v) is 3.99. The first-order valence-corrected chi connectivity index (χ1v) is 9.59. The van der Waals surface area contributed by atoms with Crippen molar-refractivity contribution >= 4 is 17.2 Å². The lowest BCUT2D eigenvalue weighted by Gasteiger charge is -2.25. The molecule has 1 saturated heterocycles. The molecule has 3 rings (SSSR count). The van der Waals surface area contributed by atoms with Crippen LogP contribution in [0.25, 0.3) is 10.6 Å². The van der Waals surface area contributed by atoms with Gasteiger partial charge in [-0.25, -0.2) is 4.98 Å². The molecule has 5 nitrogen and oxygen atoms in total. The Bertz CT molecular complexity index is 712. The number of ether oxygens (including phenoxy) is 1. The number of aromatic nitrogens is 1. The number of nitrogens with zero attached hydrogens (tertiary/aromatic N) is 3. The van der Waals surface area contributed by atoms with Crippen LogP contribution in [0.5, 0.6) is 5.75 Å². The van der Waals surface area contributed by atoms with E-state index in [-0.39, 0.29) is 11.9 Å². The highest BCUT2D eigenvalue weighted by Crippen LogP contribution is 2.28. The molecule has 0 spiro atoms. The summed E-state index contributed by atoms with van der Waals surface area (Å²) in [7, 11) is 3.65. The van der Waals surface area contributed by atoms with Gasteiger partial charge >= 0.3 is 0 Å². The number of amides is 1. The standard InChI is InChI=1S/C19H25N3O2S/c1-4-24-16-9-7-14(8-10-16)18-20-15(13-25-18)12-22-11-5-6-17(22)19(23)21(2)3/h7-10,13,17H,4-6,11-12H2,1-3H3. The number of hydrogen-bond donors (Lipinski definition) is 0. The molecule has 6 heteroatoms. The monoisotopic (exact) mass is 359 g/mol. The first-order chi connectivity index (χ1) is 12.1. The van der Waals surface area contributed by atoms with Crippen molar-refractivity contribution in [3.8, 4) is 16.3 Å². The van der Waals surface area contributed by atoms with Gasteiger partial charge in [0.2, 0.25) is 5.91 Å². The van der Waals surface area contributed by atoms with Crippen LogP contribution in [0, 0.1) is 0 Å². The van der Waals surface area contributed by atoms with E-state index in [2.05, 4.69) is 10.3 Å². The van der Waals surface area contributed by atoms with Crippen molar-refractivity contribution in [3.63, 3.8) is 0 Å². The van der Waals surface area contributed by atoms with Gasteiger partial charge in [-0.05, 0) is 50.6 Å².